The molecule has 1 saturated heterocycles. The van der Waals surface area contributed by atoms with Crippen LogP contribution < -0.4 is 35.1 Å². The second-order valence-electron chi connectivity index (χ2n) is 5.73. The van der Waals surface area contributed by atoms with Gasteiger partial charge >= 0.3 is 53.0 Å². The number of hydrogen-bond donors (Lipinski definition) is 5. The third-order valence-corrected chi connectivity index (χ3v) is 7.40. The molecule has 2 unspecified atom stereocenters. The number of nitrogens with one attached hydrogen (secondary N) is 1. The molecule has 1 aliphatic heterocycles. The summed E-state index contributed by atoms with van der Waals surface area (Å²) in [5, 5.41) is 0. The normalized spacial score (nSPS) is 23.6. The summed E-state index contributed by atoms with van der Waals surface area (Å²) < 4.78 is 52.5. The average Bonchev–Trinajstić information content (AvgIpc) is 3.16. The Morgan fingerprint density at radius 1 is 1.17 bits per heavy atom. The van der Waals surface area contributed by atoms with E-state index in [0.717, 1.165) is 0 Å². The fourth-order valence-electron chi connectivity index (χ4n) is 2.57. The number of phosphoric ester groups is 1. The van der Waals surface area contributed by atoms with Gasteiger partial charge in [-0.2, -0.15) is 8.62 Å². The summed E-state index contributed by atoms with van der Waals surface area (Å²) in [5.41, 5.74) is -0.0592. The van der Waals surface area contributed by atoms with Gasteiger partial charge in [0.15, 0.2) is 11.2 Å². The Hall–Kier alpha value is -0.280. The first kappa shape index (κ1) is 26.0. The molecule has 30 heavy (non-hydrogen) atoms. The Morgan fingerprint density at radius 3 is 2.53 bits per heavy atom. The molecule has 3 rings (SSSR count). The average molecular weight is 500 g/mol. The summed E-state index contributed by atoms with van der Waals surface area (Å²) in [6, 6.07) is 0. The summed E-state index contributed by atoms with van der Waals surface area (Å²) in [7, 11) is -16.3. The Morgan fingerprint density at radius 2 is 1.87 bits per heavy atom. The van der Waals surface area contributed by atoms with Crippen molar-refractivity contribution in [2.45, 2.75) is 25.2 Å². The smallest absolute Gasteiger partial charge is 1.00 e. The van der Waals surface area contributed by atoms with E-state index in [2.05, 4.69) is 28.1 Å². The van der Waals surface area contributed by atoms with E-state index in [4.69, 9.17) is 19.4 Å². The third kappa shape index (κ3) is 6.86. The number of rotatable bonds is 8. The molecule has 0 amide bonds. The Bertz CT molecular complexity index is 1110. The van der Waals surface area contributed by atoms with Crippen LogP contribution in [0.3, 0.4) is 0 Å². The SMILES string of the molecule is O=c1[nH]cnc2c1ncn2[C@H]1CC[C@@H](COP(=O)(O)OP(=O)(O)OP(=O)(O)O)O1.[H-].[Na+]. The number of H-pyrrole nitrogens is 1. The molecule has 1 aliphatic rings. The van der Waals surface area contributed by atoms with Crippen molar-refractivity contribution in [1.29, 1.82) is 0 Å². The van der Waals surface area contributed by atoms with E-state index >= 15 is 0 Å². The minimum absolute atomic E-state index is 0. The number of phosphoric acid groups is 3. The minimum Gasteiger partial charge on any atom is -1.00 e. The molecule has 0 bridgehead atoms. The molecule has 20 heteroatoms. The van der Waals surface area contributed by atoms with Crippen molar-refractivity contribution in [2.75, 3.05) is 6.61 Å². The number of imidazole rings is 1. The van der Waals surface area contributed by atoms with Crippen molar-refractivity contribution in [3.05, 3.63) is 23.0 Å². The molecule has 2 aromatic heterocycles. The van der Waals surface area contributed by atoms with E-state index in [0.29, 0.717) is 12.8 Å². The van der Waals surface area contributed by atoms with Crippen molar-refractivity contribution in [1.82, 2.24) is 19.5 Å². The van der Waals surface area contributed by atoms with Crippen LogP contribution >= 0.6 is 23.5 Å². The van der Waals surface area contributed by atoms with Crippen LogP contribution in [0.2, 0.25) is 0 Å². The van der Waals surface area contributed by atoms with Crippen molar-refractivity contribution in [3.8, 4) is 0 Å². The van der Waals surface area contributed by atoms with Crippen LogP contribution in [0.25, 0.3) is 11.2 Å². The zero-order valence-electron chi connectivity index (χ0n) is 16.2. The summed E-state index contributed by atoms with van der Waals surface area (Å²) in [4.78, 5) is 57.5. The summed E-state index contributed by atoms with van der Waals surface area (Å²) in [5.74, 6) is 0. The first-order chi connectivity index (χ1) is 13.4. The van der Waals surface area contributed by atoms with Gasteiger partial charge in [-0.05, 0) is 12.8 Å². The van der Waals surface area contributed by atoms with Crippen molar-refractivity contribution in [3.63, 3.8) is 0 Å². The number of ether oxygens (including phenoxy) is 1. The zero-order chi connectivity index (χ0) is 21.4. The number of aromatic amines is 1. The minimum atomic E-state index is -5.58. The van der Waals surface area contributed by atoms with Gasteiger partial charge in [-0.25, -0.2) is 23.7 Å². The second-order valence-corrected chi connectivity index (χ2v) is 10.2. The molecule has 2 aromatic rings. The van der Waals surface area contributed by atoms with Crippen LogP contribution in [0.5, 0.6) is 0 Å². The first-order valence-electron chi connectivity index (χ1n) is 7.69. The largest absolute Gasteiger partial charge is 1.00 e. The second kappa shape index (κ2) is 9.69. The van der Waals surface area contributed by atoms with E-state index in [9.17, 15) is 23.4 Å². The maximum atomic E-state index is 11.7. The van der Waals surface area contributed by atoms with Gasteiger partial charge in [0, 0.05) is 0 Å². The van der Waals surface area contributed by atoms with Gasteiger partial charge in [0.25, 0.3) is 5.56 Å². The molecule has 164 valence electrons. The van der Waals surface area contributed by atoms with Crippen LogP contribution in [0.15, 0.2) is 17.4 Å². The molecular weight excluding hydrogens is 484 g/mol. The molecule has 0 aromatic carbocycles. The Kier molecular flexibility index (Phi) is 8.39. The molecule has 16 nitrogen and oxygen atoms in total. The molecule has 0 spiro atoms. The van der Waals surface area contributed by atoms with E-state index in [-0.39, 0.29) is 42.1 Å². The summed E-state index contributed by atoms with van der Waals surface area (Å²) >= 11 is 0. The quantitative estimate of drug-likeness (QED) is 0.183. The van der Waals surface area contributed by atoms with Crippen LogP contribution in [0.4, 0.5) is 0 Å². The number of fused-ring (bicyclic) bond motifs is 1. The molecule has 3 heterocycles. The maximum absolute atomic E-state index is 11.7. The predicted octanol–water partition coefficient (Wildman–Crippen LogP) is -2.74. The molecule has 0 radical (unpaired) electrons. The molecule has 0 saturated carbocycles. The first-order valence-corrected chi connectivity index (χ1v) is 12.2. The monoisotopic (exact) mass is 500 g/mol. The van der Waals surface area contributed by atoms with Crippen molar-refractivity contribution >= 4 is 34.6 Å². The van der Waals surface area contributed by atoms with Gasteiger partial charge in [-0.15, -0.1) is 0 Å². The molecule has 0 aliphatic carbocycles. The number of hydrogen-bond acceptors (Lipinski definition) is 10. The van der Waals surface area contributed by atoms with Gasteiger partial charge in [0.2, 0.25) is 0 Å². The van der Waals surface area contributed by atoms with Gasteiger partial charge in [0.05, 0.1) is 25.4 Å². The van der Waals surface area contributed by atoms with Crippen LogP contribution in [-0.2, 0) is 31.6 Å². The fourth-order valence-corrected chi connectivity index (χ4v) is 5.62. The van der Waals surface area contributed by atoms with Crippen molar-refractivity contribution in [2.24, 2.45) is 0 Å². The molecule has 5 N–H and O–H groups in total. The van der Waals surface area contributed by atoms with E-state index in [1.807, 2.05) is 0 Å². The fraction of sp³-hybridized carbons (Fsp3) is 0.500. The molecule has 4 atom stereocenters. The number of nitrogens with zero attached hydrogens (tertiary/aromatic N) is 3. The van der Waals surface area contributed by atoms with Gasteiger partial charge in [-0.1, -0.05) is 0 Å². The molecule has 1 fully saturated rings. The third-order valence-electron chi connectivity index (χ3n) is 3.60. The Labute approximate surface area is 190 Å². The van der Waals surface area contributed by atoms with Crippen LogP contribution in [-0.4, -0.2) is 51.8 Å². The predicted molar refractivity (Wildman–Crippen MR) is 92.2 cm³/mol. The Balaban J connectivity index is 0.00000240. The zero-order valence-corrected chi connectivity index (χ0v) is 19.9. The topological polar surface area (TPSA) is 233 Å². The maximum Gasteiger partial charge on any atom is 1.00 e. The van der Waals surface area contributed by atoms with E-state index in [1.54, 1.807) is 0 Å². The van der Waals surface area contributed by atoms with Gasteiger partial charge in [-0.3, -0.25) is 13.9 Å². The summed E-state index contributed by atoms with van der Waals surface area (Å²) in [6.07, 6.45) is 1.94. The van der Waals surface area contributed by atoms with E-state index in [1.165, 1.54) is 17.2 Å². The summed E-state index contributed by atoms with van der Waals surface area (Å²) in [6.45, 7) is -0.555. The molecular formula is C10H16N4NaO12P3. The number of aromatic nitrogens is 4. The standard InChI is InChI=1S/C10H15N4O12P3.Na.H/c15-10-8-9(11-4-12-10)14(5-13-8)7-2-1-6(24-7)3-23-28(19,20)26-29(21,22)25-27(16,17)18;;/h4-7H,1-3H2,(H,19,20)(H,21,22)(H,11,12,15)(H2,16,17,18);;/q;+1;-1/t6-,7+;;/m0../s1. The van der Waals surface area contributed by atoms with Crippen LogP contribution in [0, 0.1) is 0 Å². The van der Waals surface area contributed by atoms with Crippen LogP contribution in [0.1, 0.15) is 20.5 Å². The van der Waals surface area contributed by atoms with Gasteiger partial charge in [0.1, 0.15) is 6.23 Å². The van der Waals surface area contributed by atoms with E-state index < -0.39 is 48.0 Å². The van der Waals surface area contributed by atoms with Crippen molar-refractivity contribution < 1.29 is 82.1 Å². The van der Waals surface area contributed by atoms with Gasteiger partial charge < -0.3 is 30.7 Å².